The Morgan fingerprint density at radius 1 is 1.00 bits per heavy atom. The molecule has 2 aliphatic rings. The van der Waals surface area contributed by atoms with Gasteiger partial charge in [-0.25, -0.2) is 4.79 Å². The summed E-state index contributed by atoms with van der Waals surface area (Å²) in [4.78, 5) is 30.6. The molecule has 2 heterocycles. The highest BCUT2D eigenvalue weighted by atomic mass is 16.6. The van der Waals surface area contributed by atoms with Gasteiger partial charge in [-0.15, -0.1) is 0 Å². The first kappa shape index (κ1) is 26.1. The van der Waals surface area contributed by atoms with E-state index in [1.54, 1.807) is 0 Å². The second kappa shape index (κ2) is 12.3. The molecule has 2 aliphatic heterocycles. The van der Waals surface area contributed by atoms with Gasteiger partial charge in [-0.1, -0.05) is 0 Å². The Kier molecular flexibility index (Phi) is 9.45. The Morgan fingerprint density at radius 2 is 1.65 bits per heavy atom. The fraction of sp³-hybridized carbons (Fsp3) is 0.692. The summed E-state index contributed by atoms with van der Waals surface area (Å²) in [6.45, 7) is 15.1. The van der Waals surface area contributed by atoms with Crippen LogP contribution in [0.15, 0.2) is 24.3 Å². The number of esters is 1. The van der Waals surface area contributed by atoms with Gasteiger partial charge in [0.15, 0.2) is 0 Å². The number of ether oxygens (including phenoxy) is 2. The molecular weight excluding hydrogens is 432 g/mol. The first-order valence-electron chi connectivity index (χ1n) is 12.7. The third-order valence-corrected chi connectivity index (χ3v) is 6.47. The molecule has 1 amide bonds. The van der Waals surface area contributed by atoms with E-state index >= 15 is 0 Å². The predicted octanol–water partition coefficient (Wildman–Crippen LogP) is 3.82. The molecule has 1 N–H and O–H groups in total. The monoisotopic (exact) mass is 474 g/mol. The van der Waals surface area contributed by atoms with E-state index in [9.17, 15) is 9.59 Å². The van der Waals surface area contributed by atoms with Crippen molar-refractivity contribution in [3.8, 4) is 0 Å². The van der Waals surface area contributed by atoms with Crippen LogP contribution in [-0.4, -0.2) is 86.4 Å². The molecule has 0 atom stereocenters. The summed E-state index contributed by atoms with van der Waals surface area (Å²) in [6, 6.07) is 8.26. The van der Waals surface area contributed by atoms with Gasteiger partial charge >= 0.3 is 12.1 Å². The van der Waals surface area contributed by atoms with Crippen LogP contribution in [0.5, 0.6) is 0 Å². The molecule has 0 aliphatic carbocycles. The molecule has 0 saturated carbocycles. The molecule has 1 aromatic carbocycles. The van der Waals surface area contributed by atoms with Crippen molar-refractivity contribution in [3.63, 3.8) is 0 Å². The number of piperazine rings is 1. The first-order valence-corrected chi connectivity index (χ1v) is 12.7. The molecule has 2 fully saturated rings. The van der Waals surface area contributed by atoms with E-state index in [1.165, 1.54) is 12.1 Å². The summed E-state index contributed by atoms with van der Waals surface area (Å²) in [5, 5.41) is 3.10. The fourth-order valence-electron chi connectivity index (χ4n) is 4.50. The van der Waals surface area contributed by atoms with Gasteiger partial charge in [-0.3, -0.25) is 9.69 Å². The Morgan fingerprint density at radius 3 is 2.24 bits per heavy atom. The van der Waals surface area contributed by atoms with E-state index in [1.807, 2.05) is 44.7 Å². The minimum atomic E-state index is -0.431. The number of likely N-dealkylation sites (tertiary alicyclic amines) is 1. The molecule has 8 nitrogen and oxygen atoms in total. The van der Waals surface area contributed by atoms with E-state index in [4.69, 9.17) is 9.47 Å². The molecule has 8 heteroatoms. The van der Waals surface area contributed by atoms with Crippen molar-refractivity contribution >= 4 is 23.4 Å². The topological polar surface area (TPSA) is 74.4 Å². The van der Waals surface area contributed by atoms with Crippen LogP contribution in [0.1, 0.15) is 47.0 Å². The Hall–Kier alpha value is -2.48. The number of amides is 1. The Labute approximate surface area is 204 Å². The number of rotatable bonds is 8. The number of nitrogens with zero attached hydrogens (tertiary/aromatic N) is 3. The number of nitrogens with one attached hydrogen (secondary N) is 1. The maximum Gasteiger partial charge on any atom is 0.410 e. The van der Waals surface area contributed by atoms with Gasteiger partial charge in [0.25, 0.3) is 0 Å². The maximum atomic E-state index is 12.2. The van der Waals surface area contributed by atoms with Crippen LogP contribution < -0.4 is 10.2 Å². The van der Waals surface area contributed by atoms with Gasteiger partial charge in [0.1, 0.15) is 12.1 Å². The van der Waals surface area contributed by atoms with E-state index in [0.717, 1.165) is 64.3 Å². The average molecular weight is 475 g/mol. The summed E-state index contributed by atoms with van der Waals surface area (Å²) in [6.07, 6.45) is 3.15. The zero-order chi connectivity index (χ0) is 24.6. The van der Waals surface area contributed by atoms with Crippen molar-refractivity contribution in [2.45, 2.75) is 52.6 Å². The minimum absolute atomic E-state index is 0.176. The van der Waals surface area contributed by atoms with Crippen molar-refractivity contribution in [1.82, 2.24) is 9.80 Å². The molecule has 0 unspecified atom stereocenters. The summed E-state index contributed by atoms with van der Waals surface area (Å²) >= 11 is 0. The third kappa shape index (κ3) is 8.38. The summed E-state index contributed by atoms with van der Waals surface area (Å²) in [7, 11) is 0. The molecule has 1 aromatic rings. The number of carbonyl (C=O) groups is 2. The average Bonchev–Trinajstić information content (AvgIpc) is 2.81. The standard InChI is InChI=1S/C26H42N4O4/c1-5-33-24(31)20-27-22-6-8-23(9-7-22)29-18-16-28(17-19-29)13-10-21-11-14-30(15-12-21)25(32)34-26(2,3)4/h6-9,21,27H,5,10-20H2,1-4H3. The Balaban J connectivity index is 1.33. The fourth-order valence-corrected chi connectivity index (χ4v) is 4.50. The lowest BCUT2D eigenvalue weighted by molar-refractivity contribution is -0.140. The van der Waals surface area contributed by atoms with Crippen LogP contribution in [-0.2, 0) is 14.3 Å². The molecule has 190 valence electrons. The number of carbonyl (C=O) groups excluding carboxylic acids is 2. The van der Waals surface area contributed by atoms with Crippen molar-refractivity contribution in [2.75, 3.05) is 69.2 Å². The van der Waals surface area contributed by atoms with Gasteiger partial charge < -0.3 is 24.6 Å². The molecule has 0 aromatic heterocycles. The van der Waals surface area contributed by atoms with Gasteiger partial charge in [-0.05, 0) is 83.7 Å². The van der Waals surface area contributed by atoms with Crippen LogP contribution in [0, 0.1) is 5.92 Å². The van der Waals surface area contributed by atoms with Crippen molar-refractivity contribution in [3.05, 3.63) is 24.3 Å². The first-order chi connectivity index (χ1) is 16.2. The number of piperidine rings is 1. The number of benzene rings is 1. The van der Waals surface area contributed by atoms with Crippen molar-refractivity contribution < 1.29 is 19.1 Å². The molecular formula is C26H42N4O4. The number of anilines is 2. The van der Waals surface area contributed by atoms with E-state index in [-0.39, 0.29) is 18.6 Å². The maximum absolute atomic E-state index is 12.2. The zero-order valence-electron chi connectivity index (χ0n) is 21.3. The van der Waals surface area contributed by atoms with Gasteiger partial charge in [0.2, 0.25) is 0 Å². The summed E-state index contributed by atoms with van der Waals surface area (Å²) in [5.74, 6) is 0.447. The highest BCUT2D eigenvalue weighted by molar-refractivity contribution is 5.75. The lowest BCUT2D eigenvalue weighted by Gasteiger charge is -2.38. The second-order valence-corrected chi connectivity index (χ2v) is 10.2. The largest absolute Gasteiger partial charge is 0.465 e. The van der Waals surface area contributed by atoms with E-state index < -0.39 is 5.60 Å². The summed E-state index contributed by atoms with van der Waals surface area (Å²) < 4.78 is 10.4. The van der Waals surface area contributed by atoms with Crippen LogP contribution >= 0.6 is 0 Å². The van der Waals surface area contributed by atoms with E-state index in [2.05, 4.69) is 27.2 Å². The normalized spacial score (nSPS) is 18.0. The van der Waals surface area contributed by atoms with Gasteiger partial charge in [0.05, 0.1) is 6.61 Å². The third-order valence-electron chi connectivity index (χ3n) is 6.47. The SMILES string of the molecule is CCOC(=O)CNc1ccc(N2CCN(CCC3CCN(C(=O)OC(C)(C)C)CC3)CC2)cc1. The second-order valence-electron chi connectivity index (χ2n) is 10.2. The lowest BCUT2D eigenvalue weighted by Crippen LogP contribution is -2.47. The Bertz CT molecular complexity index is 777. The highest BCUT2D eigenvalue weighted by Crippen LogP contribution is 2.24. The quantitative estimate of drug-likeness (QED) is 0.574. The van der Waals surface area contributed by atoms with Crippen LogP contribution in [0.3, 0.4) is 0 Å². The summed E-state index contributed by atoms with van der Waals surface area (Å²) in [5.41, 5.74) is 1.71. The van der Waals surface area contributed by atoms with Crippen LogP contribution in [0.25, 0.3) is 0 Å². The molecule has 0 spiro atoms. The molecule has 2 saturated heterocycles. The molecule has 34 heavy (non-hydrogen) atoms. The van der Waals surface area contributed by atoms with E-state index in [0.29, 0.717) is 12.5 Å². The minimum Gasteiger partial charge on any atom is -0.465 e. The predicted molar refractivity (Wildman–Crippen MR) is 135 cm³/mol. The van der Waals surface area contributed by atoms with Crippen molar-refractivity contribution in [2.24, 2.45) is 5.92 Å². The van der Waals surface area contributed by atoms with Crippen LogP contribution in [0.2, 0.25) is 0 Å². The van der Waals surface area contributed by atoms with Crippen LogP contribution in [0.4, 0.5) is 16.2 Å². The van der Waals surface area contributed by atoms with Gasteiger partial charge in [-0.2, -0.15) is 0 Å². The molecule has 0 radical (unpaired) electrons. The zero-order valence-corrected chi connectivity index (χ0v) is 21.3. The molecule has 0 bridgehead atoms. The van der Waals surface area contributed by atoms with Gasteiger partial charge in [0, 0.05) is 50.6 Å². The number of hydrogen-bond acceptors (Lipinski definition) is 7. The number of hydrogen-bond donors (Lipinski definition) is 1. The lowest BCUT2D eigenvalue weighted by atomic mass is 9.93. The van der Waals surface area contributed by atoms with Crippen molar-refractivity contribution in [1.29, 1.82) is 0 Å². The smallest absolute Gasteiger partial charge is 0.410 e. The highest BCUT2D eigenvalue weighted by Gasteiger charge is 2.27. The molecule has 3 rings (SSSR count).